The van der Waals surface area contributed by atoms with E-state index in [0.29, 0.717) is 27.8 Å². The quantitative estimate of drug-likeness (QED) is 0.761. The summed E-state index contributed by atoms with van der Waals surface area (Å²) < 4.78 is 33.5. The molecule has 0 atom stereocenters. The van der Waals surface area contributed by atoms with Crippen molar-refractivity contribution in [3.8, 4) is 5.75 Å². The summed E-state index contributed by atoms with van der Waals surface area (Å²) in [5.74, 6) is 0.701. The number of H-pyrrole nitrogens is 1. The van der Waals surface area contributed by atoms with Gasteiger partial charge in [0, 0.05) is 0 Å². The average molecular weight is 338 g/mol. The van der Waals surface area contributed by atoms with Crippen molar-refractivity contribution in [2.45, 2.75) is 18.7 Å². The van der Waals surface area contributed by atoms with Gasteiger partial charge in [-0.25, -0.2) is 13.4 Å². The van der Waals surface area contributed by atoms with Crippen molar-refractivity contribution in [1.82, 2.24) is 15.2 Å². The minimum atomic E-state index is -3.72. The molecule has 7 nitrogen and oxygen atoms in total. The van der Waals surface area contributed by atoms with Crippen LogP contribution in [0.2, 0.25) is 0 Å². The van der Waals surface area contributed by atoms with Crippen molar-refractivity contribution in [1.29, 1.82) is 0 Å². The average Bonchev–Trinajstić information content (AvgIpc) is 3.00. The SMILES string of the molecule is COc1ccc2nc(NS(=O)(=O)c3c(C)n[nH]c3C)sc2c1. The van der Waals surface area contributed by atoms with Crippen LogP contribution in [-0.4, -0.2) is 30.7 Å². The monoisotopic (exact) mass is 338 g/mol. The highest BCUT2D eigenvalue weighted by Gasteiger charge is 2.23. The maximum Gasteiger partial charge on any atom is 0.267 e. The van der Waals surface area contributed by atoms with E-state index in [0.717, 1.165) is 4.70 Å². The molecule has 0 aliphatic heterocycles. The number of aryl methyl sites for hydroxylation is 2. The molecule has 0 amide bonds. The minimum Gasteiger partial charge on any atom is -0.497 e. The molecule has 2 N–H and O–H groups in total. The number of anilines is 1. The third kappa shape index (κ3) is 2.53. The molecule has 0 aliphatic carbocycles. The smallest absolute Gasteiger partial charge is 0.267 e. The van der Waals surface area contributed by atoms with Crippen molar-refractivity contribution < 1.29 is 13.2 Å². The van der Waals surface area contributed by atoms with Gasteiger partial charge in [-0.05, 0) is 32.0 Å². The number of benzene rings is 1. The Morgan fingerprint density at radius 2 is 2.09 bits per heavy atom. The number of sulfonamides is 1. The van der Waals surface area contributed by atoms with Crippen LogP contribution in [0.1, 0.15) is 11.4 Å². The molecule has 9 heteroatoms. The summed E-state index contributed by atoms with van der Waals surface area (Å²) in [7, 11) is -2.14. The normalized spacial score (nSPS) is 11.8. The number of hydrogen-bond acceptors (Lipinski definition) is 6. The van der Waals surface area contributed by atoms with Crippen molar-refractivity contribution >= 4 is 36.7 Å². The van der Waals surface area contributed by atoms with Crippen LogP contribution in [0.5, 0.6) is 5.75 Å². The third-order valence-corrected chi connectivity index (χ3v) is 5.81. The summed E-state index contributed by atoms with van der Waals surface area (Å²) in [6, 6.07) is 5.39. The second-order valence-corrected chi connectivity index (χ2v) is 7.37. The van der Waals surface area contributed by atoms with E-state index in [-0.39, 0.29) is 4.90 Å². The van der Waals surface area contributed by atoms with Gasteiger partial charge in [0.05, 0.1) is 28.7 Å². The molecule has 0 saturated carbocycles. The van der Waals surface area contributed by atoms with Gasteiger partial charge in [0.25, 0.3) is 10.0 Å². The zero-order valence-corrected chi connectivity index (χ0v) is 13.8. The van der Waals surface area contributed by atoms with Gasteiger partial charge in [0.2, 0.25) is 0 Å². The van der Waals surface area contributed by atoms with Gasteiger partial charge in [-0.1, -0.05) is 11.3 Å². The number of fused-ring (bicyclic) bond motifs is 1. The highest BCUT2D eigenvalue weighted by atomic mass is 32.2. The Hall–Kier alpha value is -2.13. The molecule has 0 unspecified atom stereocenters. The van der Waals surface area contributed by atoms with Gasteiger partial charge in [-0.3, -0.25) is 9.82 Å². The number of hydrogen-bond donors (Lipinski definition) is 2. The zero-order valence-electron chi connectivity index (χ0n) is 12.2. The van der Waals surface area contributed by atoms with E-state index in [2.05, 4.69) is 19.9 Å². The number of thiazole rings is 1. The fourth-order valence-electron chi connectivity index (χ4n) is 2.18. The van der Waals surface area contributed by atoms with Crippen molar-refractivity contribution in [3.63, 3.8) is 0 Å². The number of nitrogens with zero attached hydrogens (tertiary/aromatic N) is 2. The molecule has 22 heavy (non-hydrogen) atoms. The summed E-state index contributed by atoms with van der Waals surface area (Å²) in [4.78, 5) is 4.44. The number of aromatic amines is 1. The fraction of sp³-hybridized carbons (Fsp3) is 0.231. The van der Waals surface area contributed by atoms with E-state index in [9.17, 15) is 8.42 Å². The van der Waals surface area contributed by atoms with Crippen LogP contribution in [0.3, 0.4) is 0 Å². The maximum atomic E-state index is 12.5. The topological polar surface area (TPSA) is 97.0 Å². The number of methoxy groups -OCH3 is 1. The second-order valence-electron chi connectivity index (χ2n) is 4.72. The Bertz CT molecular complexity index is 924. The number of aromatic nitrogens is 3. The number of nitrogens with one attached hydrogen (secondary N) is 2. The summed E-state index contributed by atoms with van der Waals surface area (Å²) in [6.07, 6.45) is 0. The second kappa shape index (κ2) is 5.25. The summed E-state index contributed by atoms with van der Waals surface area (Å²) in [5, 5.41) is 6.89. The van der Waals surface area contributed by atoms with Gasteiger partial charge in [0.15, 0.2) is 5.13 Å². The van der Waals surface area contributed by atoms with Crippen molar-refractivity contribution in [2.75, 3.05) is 11.8 Å². The number of rotatable bonds is 4. The summed E-state index contributed by atoms with van der Waals surface area (Å²) in [5.41, 5.74) is 1.63. The molecule has 116 valence electrons. The van der Waals surface area contributed by atoms with Crippen LogP contribution < -0.4 is 9.46 Å². The predicted molar refractivity (Wildman–Crippen MR) is 85.0 cm³/mol. The van der Waals surface area contributed by atoms with Gasteiger partial charge >= 0.3 is 0 Å². The van der Waals surface area contributed by atoms with Crippen molar-refractivity contribution in [3.05, 3.63) is 29.6 Å². The third-order valence-electron chi connectivity index (χ3n) is 3.15. The highest BCUT2D eigenvalue weighted by Crippen LogP contribution is 2.31. The van der Waals surface area contributed by atoms with Gasteiger partial charge in [-0.2, -0.15) is 5.10 Å². The summed E-state index contributed by atoms with van der Waals surface area (Å²) in [6.45, 7) is 3.30. The van der Waals surface area contributed by atoms with E-state index < -0.39 is 10.0 Å². The predicted octanol–water partition coefficient (Wildman–Crippen LogP) is 2.45. The van der Waals surface area contributed by atoms with Crippen LogP contribution in [-0.2, 0) is 10.0 Å². The standard InChI is InChI=1S/C13H14N4O3S2/c1-7-12(8(2)16-15-7)22(18,19)17-13-14-10-5-4-9(20-3)6-11(10)21-13/h4-6H,1-3H3,(H,14,17)(H,15,16). The molecule has 0 bridgehead atoms. The highest BCUT2D eigenvalue weighted by molar-refractivity contribution is 7.93. The Morgan fingerprint density at radius 3 is 2.73 bits per heavy atom. The Balaban J connectivity index is 1.99. The fourth-order valence-corrected chi connectivity index (χ4v) is 4.68. The lowest BCUT2D eigenvalue weighted by Gasteiger charge is -2.04. The van der Waals surface area contributed by atoms with Gasteiger partial charge in [0.1, 0.15) is 10.6 Å². The lowest BCUT2D eigenvalue weighted by atomic mass is 10.3. The lowest BCUT2D eigenvalue weighted by Crippen LogP contribution is -2.14. The van der Waals surface area contributed by atoms with Crippen LogP contribution in [0.4, 0.5) is 5.13 Å². The molecule has 0 saturated heterocycles. The Morgan fingerprint density at radius 1 is 1.32 bits per heavy atom. The van der Waals surface area contributed by atoms with E-state index in [4.69, 9.17) is 4.74 Å². The van der Waals surface area contributed by atoms with E-state index in [1.165, 1.54) is 11.3 Å². The zero-order chi connectivity index (χ0) is 15.9. The molecule has 1 aromatic carbocycles. The van der Waals surface area contributed by atoms with E-state index >= 15 is 0 Å². The molecular weight excluding hydrogens is 324 g/mol. The maximum absolute atomic E-state index is 12.5. The van der Waals surface area contributed by atoms with E-state index in [1.54, 1.807) is 33.1 Å². The van der Waals surface area contributed by atoms with E-state index in [1.807, 2.05) is 6.07 Å². The van der Waals surface area contributed by atoms with Gasteiger partial charge in [-0.15, -0.1) is 0 Å². The molecule has 2 aromatic heterocycles. The first-order chi connectivity index (χ1) is 10.4. The molecule has 2 heterocycles. The van der Waals surface area contributed by atoms with Crippen molar-refractivity contribution in [2.24, 2.45) is 0 Å². The van der Waals surface area contributed by atoms with Crippen LogP contribution in [0.15, 0.2) is 23.1 Å². The summed E-state index contributed by atoms with van der Waals surface area (Å²) >= 11 is 1.25. The molecule has 0 fully saturated rings. The molecule has 0 spiro atoms. The molecule has 3 aromatic rings. The Kier molecular flexibility index (Phi) is 3.53. The molecular formula is C13H14N4O3S2. The van der Waals surface area contributed by atoms with Crippen LogP contribution in [0.25, 0.3) is 10.2 Å². The van der Waals surface area contributed by atoms with Crippen LogP contribution in [0, 0.1) is 13.8 Å². The first-order valence-electron chi connectivity index (χ1n) is 6.39. The molecule has 3 rings (SSSR count). The van der Waals surface area contributed by atoms with Gasteiger partial charge < -0.3 is 4.74 Å². The minimum absolute atomic E-state index is 0.157. The largest absolute Gasteiger partial charge is 0.497 e. The first kappa shape index (κ1) is 14.8. The molecule has 0 aliphatic rings. The Labute approximate surface area is 131 Å². The molecule has 0 radical (unpaired) electrons. The first-order valence-corrected chi connectivity index (χ1v) is 8.69. The number of ether oxygens (including phenoxy) is 1. The van der Waals surface area contributed by atoms with Crippen LogP contribution >= 0.6 is 11.3 Å². The lowest BCUT2D eigenvalue weighted by molar-refractivity contribution is 0.415.